The number of hydrogen-bond acceptors (Lipinski definition) is 4. The fourth-order valence-electron chi connectivity index (χ4n) is 2.10. The van der Waals surface area contributed by atoms with Gasteiger partial charge in [0.15, 0.2) is 0 Å². The van der Waals surface area contributed by atoms with Gasteiger partial charge in [0, 0.05) is 31.9 Å². The predicted molar refractivity (Wildman–Crippen MR) is 78.2 cm³/mol. The van der Waals surface area contributed by atoms with Crippen molar-refractivity contribution in [2.75, 3.05) is 38.2 Å². The Balaban J connectivity index is 2.09. The van der Waals surface area contributed by atoms with Crippen molar-refractivity contribution in [2.24, 2.45) is 0 Å². The standard InChI is InChI=1S/C12H16ClN3O3S/c1-20(18,19)16-6-4-15(5-7-16)12(17)10-3-2-9(14)8-11(10)13/h2-3,8H,4-7,14H2,1H3. The van der Waals surface area contributed by atoms with Crippen molar-refractivity contribution >= 4 is 33.2 Å². The number of hydrogen-bond donors (Lipinski definition) is 1. The molecule has 0 bridgehead atoms. The van der Waals surface area contributed by atoms with Gasteiger partial charge in [-0.25, -0.2) is 8.42 Å². The second kappa shape index (κ2) is 5.59. The van der Waals surface area contributed by atoms with Crippen LogP contribution in [0.1, 0.15) is 10.4 Å². The number of carbonyl (C=O) groups excluding carboxylic acids is 1. The lowest BCUT2D eigenvalue weighted by Crippen LogP contribution is -2.50. The molecular formula is C12H16ClN3O3S. The first-order valence-corrected chi connectivity index (χ1v) is 8.31. The lowest BCUT2D eigenvalue weighted by molar-refractivity contribution is 0.0698. The van der Waals surface area contributed by atoms with Gasteiger partial charge < -0.3 is 10.6 Å². The summed E-state index contributed by atoms with van der Waals surface area (Å²) in [5.74, 6) is -0.205. The van der Waals surface area contributed by atoms with Gasteiger partial charge in [-0.05, 0) is 18.2 Å². The Bertz CT molecular complexity index is 625. The minimum absolute atomic E-state index is 0.205. The monoisotopic (exact) mass is 317 g/mol. The highest BCUT2D eigenvalue weighted by Crippen LogP contribution is 2.21. The Morgan fingerprint density at radius 1 is 1.25 bits per heavy atom. The average molecular weight is 318 g/mol. The molecule has 0 atom stereocenters. The minimum atomic E-state index is -3.20. The lowest BCUT2D eigenvalue weighted by atomic mass is 10.1. The quantitative estimate of drug-likeness (QED) is 0.811. The molecule has 0 saturated carbocycles. The van der Waals surface area contributed by atoms with Crippen LogP contribution in [-0.4, -0.2) is 56.0 Å². The molecule has 1 aromatic rings. The Labute approximate surface area is 123 Å². The molecule has 1 fully saturated rings. The summed E-state index contributed by atoms with van der Waals surface area (Å²) in [5.41, 5.74) is 6.47. The van der Waals surface area contributed by atoms with Crippen LogP contribution in [0.25, 0.3) is 0 Å². The van der Waals surface area contributed by atoms with Gasteiger partial charge in [0.05, 0.1) is 16.8 Å². The number of nitrogens with zero attached hydrogens (tertiary/aromatic N) is 2. The van der Waals surface area contributed by atoms with E-state index in [-0.39, 0.29) is 5.91 Å². The zero-order valence-corrected chi connectivity index (χ0v) is 12.6. The first kappa shape index (κ1) is 15.1. The highest BCUT2D eigenvalue weighted by Gasteiger charge is 2.27. The van der Waals surface area contributed by atoms with Gasteiger partial charge >= 0.3 is 0 Å². The van der Waals surface area contributed by atoms with E-state index in [1.807, 2.05) is 0 Å². The summed E-state index contributed by atoms with van der Waals surface area (Å²) < 4.78 is 24.2. The van der Waals surface area contributed by atoms with Crippen LogP contribution in [0, 0.1) is 0 Å². The van der Waals surface area contributed by atoms with E-state index in [1.54, 1.807) is 17.0 Å². The van der Waals surface area contributed by atoms with E-state index in [2.05, 4.69) is 0 Å². The number of benzene rings is 1. The summed E-state index contributed by atoms with van der Waals surface area (Å²) in [6.07, 6.45) is 1.17. The molecule has 2 rings (SSSR count). The smallest absolute Gasteiger partial charge is 0.255 e. The molecule has 8 heteroatoms. The van der Waals surface area contributed by atoms with E-state index in [1.165, 1.54) is 16.6 Å². The Kier molecular flexibility index (Phi) is 4.22. The molecule has 0 radical (unpaired) electrons. The van der Waals surface area contributed by atoms with E-state index in [4.69, 9.17) is 17.3 Å². The maximum atomic E-state index is 12.3. The Hall–Kier alpha value is -1.31. The molecule has 1 aromatic carbocycles. The molecule has 1 aliphatic heterocycles. The van der Waals surface area contributed by atoms with Gasteiger partial charge in [-0.3, -0.25) is 4.79 Å². The van der Waals surface area contributed by atoms with Crippen molar-refractivity contribution in [3.05, 3.63) is 28.8 Å². The molecule has 0 unspecified atom stereocenters. The van der Waals surface area contributed by atoms with Crippen molar-refractivity contribution in [3.63, 3.8) is 0 Å². The van der Waals surface area contributed by atoms with Gasteiger partial charge in [0.25, 0.3) is 5.91 Å². The van der Waals surface area contributed by atoms with Gasteiger partial charge in [0.1, 0.15) is 0 Å². The summed E-state index contributed by atoms with van der Waals surface area (Å²) >= 11 is 6.01. The maximum absolute atomic E-state index is 12.3. The van der Waals surface area contributed by atoms with Crippen molar-refractivity contribution in [3.8, 4) is 0 Å². The molecule has 1 saturated heterocycles. The Morgan fingerprint density at radius 2 is 1.85 bits per heavy atom. The first-order valence-electron chi connectivity index (χ1n) is 6.08. The molecule has 20 heavy (non-hydrogen) atoms. The zero-order valence-electron chi connectivity index (χ0n) is 11.0. The zero-order chi connectivity index (χ0) is 14.9. The van der Waals surface area contributed by atoms with Gasteiger partial charge in [0.2, 0.25) is 10.0 Å². The molecule has 1 heterocycles. The van der Waals surface area contributed by atoms with E-state index < -0.39 is 10.0 Å². The number of carbonyl (C=O) groups is 1. The number of nitrogens with two attached hydrogens (primary N) is 1. The maximum Gasteiger partial charge on any atom is 0.255 e. The number of anilines is 1. The van der Waals surface area contributed by atoms with Crippen molar-refractivity contribution in [1.29, 1.82) is 0 Å². The first-order chi connectivity index (χ1) is 9.29. The number of rotatable bonds is 2. The molecule has 0 spiro atoms. The molecular weight excluding hydrogens is 302 g/mol. The van der Waals surface area contributed by atoms with Crippen LogP contribution in [0.3, 0.4) is 0 Å². The summed E-state index contributed by atoms with van der Waals surface area (Å²) in [6, 6.07) is 4.73. The fourth-order valence-corrected chi connectivity index (χ4v) is 3.19. The number of halogens is 1. The molecule has 6 nitrogen and oxygen atoms in total. The van der Waals surface area contributed by atoms with Crippen molar-refractivity contribution in [1.82, 2.24) is 9.21 Å². The van der Waals surface area contributed by atoms with Crippen LogP contribution < -0.4 is 5.73 Å². The van der Waals surface area contributed by atoms with Gasteiger partial charge in [-0.1, -0.05) is 11.6 Å². The van der Waals surface area contributed by atoms with E-state index in [0.717, 1.165) is 0 Å². The van der Waals surface area contributed by atoms with Crippen LogP contribution in [0.5, 0.6) is 0 Å². The van der Waals surface area contributed by atoms with Gasteiger partial charge in [-0.2, -0.15) is 4.31 Å². The van der Waals surface area contributed by atoms with E-state index in [0.29, 0.717) is 42.5 Å². The highest BCUT2D eigenvalue weighted by molar-refractivity contribution is 7.88. The average Bonchev–Trinajstić information content (AvgIpc) is 2.37. The van der Waals surface area contributed by atoms with Crippen LogP contribution in [0.2, 0.25) is 5.02 Å². The fraction of sp³-hybridized carbons (Fsp3) is 0.417. The largest absolute Gasteiger partial charge is 0.399 e. The van der Waals surface area contributed by atoms with Gasteiger partial charge in [-0.15, -0.1) is 0 Å². The predicted octanol–water partition coefficient (Wildman–Crippen LogP) is 0.640. The molecule has 0 aromatic heterocycles. The normalized spacial score (nSPS) is 17.2. The van der Waals surface area contributed by atoms with Crippen LogP contribution in [-0.2, 0) is 10.0 Å². The van der Waals surface area contributed by atoms with Crippen LogP contribution in [0.4, 0.5) is 5.69 Å². The molecule has 2 N–H and O–H groups in total. The SMILES string of the molecule is CS(=O)(=O)N1CCN(C(=O)c2ccc(N)cc2Cl)CC1. The molecule has 1 amide bonds. The van der Waals surface area contributed by atoms with E-state index >= 15 is 0 Å². The van der Waals surface area contributed by atoms with Crippen molar-refractivity contribution < 1.29 is 13.2 Å². The van der Waals surface area contributed by atoms with Crippen LogP contribution in [0.15, 0.2) is 18.2 Å². The molecule has 0 aliphatic carbocycles. The van der Waals surface area contributed by atoms with Crippen molar-refractivity contribution in [2.45, 2.75) is 0 Å². The third-order valence-corrected chi connectivity index (χ3v) is 4.83. The third kappa shape index (κ3) is 3.23. The van der Waals surface area contributed by atoms with E-state index in [9.17, 15) is 13.2 Å². The summed E-state index contributed by atoms with van der Waals surface area (Å²) in [4.78, 5) is 13.9. The summed E-state index contributed by atoms with van der Waals surface area (Å²) in [5, 5.41) is 0.306. The topological polar surface area (TPSA) is 83.7 Å². The highest BCUT2D eigenvalue weighted by atomic mass is 35.5. The lowest BCUT2D eigenvalue weighted by Gasteiger charge is -2.33. The number of sulfonamides is 1. The number of piperazine rings is 1. The minimum Gasteiger partial charge on any atom is -0.399 e. The summed E-state index contributed by atoms with van der Waals surface area (Å²) in [7, 11) is -3.20. The molecule has 110 valence electrons. The second-order valence-corrected chi connectivity index (χ2v) is 7.08. The summed E-state index contributed by atoms with van der Waals surface area (Å²) in [6.45, 7) is 1.31. The second-order valence-electron chi connectivity index (χ2n) is 4.69. The third-order valence-electron chi connectivity index (χ3n) is 3.22. The number of nitrogen functional groups attached to an aromatic ring is 1. The molecule has 1 aliphatic rings. The number of amides is 1. The Morgan fingerprint density at radius 3 is 2.35 bits per heavy atom. The van der Waals surface area contributed by atoms with Crippen LogP contribution >= 0.6 is 11.6 Å².